The monoisotopic (exact) mass is 312 g/mol. The fourth-order valence-corrected chi connectivity index (χ4v) is 2.00. The molecule has 0 bridgehead atoms. The van der Waals surface area contributed by atoms with Gasteiger partial charge >= 0.3 is 0 Å². The topological polar surface area (TPSA) is 63.4 Å². The number of hydrogen-bond donors (Lipinski definition) is 1. The minimum Gasteiger partial charge on any atom is -0.368 e. The van der Waals surface area contributed by atoms with Gasteiger partial charge in [-0.1, -0.05) is 22.0 Å². The van der Waals surface area contributed by atoms with Crippen LogP contribution in [0, 0.1) is 6.92 Å². The van der Waals surface area contributed by atoms with E-state index in [0.29, 0.717) is 5.56 Å². The summed E-state index contributed by atoms with van der Waals surface area (Å²) in [5.74, 6) is -0.688. The second kappa shape index (κ2) is 6.00. The third kappa shape index (κ3) is 3.57. The van der Waals surface area contributed by atoms with Crippen molar-refractivity contribution in [1.29, 1.82) is 0 Å². The van der Waals surface area contributed by atoms with Gasteiger partial charge in [-0.15, -0.1) is 0 Å². The zero-order valence-electron chi connectivity index (χ0n) is 10.7. The maximum atomic E-state index is 12.4. The SMILES string of the molecule is Cc1ccc(Br)cc1C(=O)N(CC(N)=O)C(C)C. The van der Waals surface area contributed by atoms with Crippen LogP contribution in [0.1, 0.15) is 29.8 Å². The third-order valence-electron chi connectivity index (χ3n) is 2.64. The van der Waals surface area contributed by atoms with Crippen molar-refractivity contribution in [3.8, 4) is 0 Å². The van der Waals surface area contributed by atoms with Gasteiger partial charge in [-0.2, -0.15) is 0 Å². The molecule has 0 fully saturated rings. The molecule has 2 amide bonds. The largest absolute Gasteiger partial charge is 0.368 e. The molecule has 1 rings (SSSR count). The van der Waals surface area contributed by atoms with E-state index in [2.05, 4.69) is 15.9 Å². The summed E-state index contributed by atoms with van der Waals surface area (Å²) in [5, 5.41) is 0. The van der Waals surface area contributed by atoms with Crippen LogP contribution >= 0.6 is 15.9 Å². The third-order valence-corrected chi connectivity index (χ3v) is 3.13. The second-order valence-corrected chi connectivity index (χ2v) is 5.37. The lowest BCUT2D eigenvalue weighted by Gasteiger charge is -2.26. The van der Waals surface area contributed by atoms with E-state index in [9.17, 15) is 9.59 Å². The Hall–Kier alpha value is -1.36. The van der Waals surface area contributed by atoms with Gasteiger partial charge in [0.1, 0.15) is 0 Å². The summed E-state index contributed by atoms with van der Waals surface area (Å²) in [6, 6.07) is 5.41. The van der Waals surface area contributed by atoms with Crippen molar-refractivity contribution in [2.75, 3.05) is 6.54 Å². The molecule has 0 unspecified atom stereocenters. The summed E-state index contributed by atoms with van der Waals surface area (Å²) in [7, 11) is 0. The normalized spacial score (nSPS) is 10.5. The zero-order valence-corrected chi connectivity index (χ0v) is 12.3. The van der Waals surface area contributed by atoms with Gasteiger partial charge in [0.15, 0.2) is 0 Å². The van der Waals surface area contributed by atoms with Gasteiger partial charge in [-0.05, 0) is 38.5 Å². The number of aryl methyl sites for hydroxylation is 1. The summed E-state index contributed by atoms with van der Waals surface area (Å²) < 4.78 is 0.833. The van der Waals surface area contributed by atoms with E-state index in [1.165, 1.54) is 4.90 Å². The van der Waals surface area contributed by atoms with Crippen molar-refractivity contribution in [1.82, 2.24) is 4.90 Å². The van der Waals surface area contributed by atoms with Crippen LogP contribution in [0.15, 0.2) is 22.7 Å². The Morgan fingerprint density at radius 2 is 2.00 bits per heavy atom. The number of amides is 2. The van der Waals surface area contributed by atoms with Gasteiger partial charge in [-0.3, -0.25) is 9.59 Å². The molecule has 5 heteroatoms. The van der Waals surface area contributed by atoms with Gasteiger partial charge in [0.2, 0.25) is 5.91 Å². The van der Waals surface area contributed by atoms with Crippen LogP contribution in [-0.2, 0) is 4.79 Å². The fraction of sp³-hybridized carbons (Fsp3) is 0.385. The number of halogens is 1. The van der Waals surface area contributed by atoms with E-state index < -0.39 is 5.91 Å². The standard InChI is InChI=1S/C13H17BrN2O2/c1-8(2)16(7-12(15)17)13(18)11-6-10(14)5-4-9(11)3/h4-6,8H,7H2,1-3H3,(H2,15,17). The van der Waals surface area contributed by atoms with E-state index in [0.717, 1.165) is 10.0 Å². The summed E-state index contributed by atoms with van der Waals surface area (Å²) in [5.41, 5.74) is 6.63. The summed E-state index contributed by atoms with van der Waals surface area (Å²) >= 11 is 3.34. The van der Waals surface area contributed by atoms with E-state index in [1.54, 1.807) is 6.07 Å². The number of rotatable bonds is 4. The molecule has 2 N–H and O–H groups in total. The first-order chi connectivity index (χ1) is 8.32. The molecular weight excluding hydrogens is 296 g/mol. The Balaban J connectivity index is 3.09. The highest BCUT2D eigenvalue weighted by molar-refractivity contribution is 9.10. The van der Waals surface area contributed by atoms with Crippen LogP contribution in [0.3, 0.4) is 0 Å². The fourth-order valence-electron chi connectivity index (χ4n) is 1.64. The van der Waals surface area contributed by atoms with Crippen LogP contribution in [0.2, 0.25) is 0 Å². The Kier molecular flexibility index (Phi) is 4.90. The van der Waals surface area contributed by atoms with Crippen molar-refractivity contribution in [2.24, 2.45) is 5.73 Å². The minimum absolute atomic E-state index is 0.0670. The molecule has 1 aromatic carbocycles. The maximum absolute atomic E-state index is 12.4. The molecule has 1 aromatic rings. The summed E-state index contributed by atoms with van der Waals surface area (Å²) in [4.78, 5) is 24.9. The zero-order chi connectivity index (χ0) is 13.9. The van der Waals surface area contributed by atoms with Crippen LogP contribution in [0.5, 0.6) is 0 Å². The molecule has 0 radical (unpaired) electrons. The Labute approximate surface area is 115 Å². The molecule has 0 aliphatic heterocycles. The Bertz CT molecular complexity index is 472. The predicted molar refractivity (Wildman–Crippen MR) is 74.2 cm³/mol. The van der Waals surface area contributed by atoms with Crippen molar-refractivity contribution in [3.63, 3.8) is 0 Å². The van der Waals surface area contributed by atoms with Crippen LogP contribution in [-0.4, -0.2) is 29.3 Å². The molecule has 0 heterocycles. The number of primary amides is 1. The van der Waals surface area contributed by atoms with Crippen molar-refractivity contribution < 1.29 is 9.59 Å². The number of nitrogens with two attached hydrogens (primary N) is 1. The Morgan fingerprint density at radius 1 is 1.39 bits per heavy atom. The van der Waals surface area contributed by atoms with Crippen LogP contribution < -0.4 is 5.73 Å². The first-order valence-electron chi connectivity index (χ1n) is 5.68. The van der Waals surface area contributed by atoms with E-state index >= 15 is 0 Å². The average Bonchev–Trinajstić information content (AvgIpc) is 2.27. The lowest BCUT2D eigenvalue weighted by Crippen LogP contribution is -2.43. The number of hydrogen-bond acceptors (Lipinski definition) is 2. The molecule has 0 aromatic heterocycles. The van der Waals surface area contributed by atoms with Crippen molar-refractivity contribution >= 4 is 27.7 Å². The highest BCUT2D eigenvalue weighted by Gasteiger charge is 2.21. The molecule has 0 spiro atoms. The molecular formula is C13H17BrN2O2. The van der Waals surface area contributed by atoms with Crippen molar-refractivity contribution in [3.05, 3.63) is 33.8 Å². The molecule has 0 saturated heterocycles. The maximum Gasteiger partial charge on any atom is 0.254 e. The molecule has 98 valence electrons. The molecule has 18 heavy (non-hydrogen) atoms. The quantitative estimate of drug-likeness (QED) is 0.925. The number of carbonyl (C=O) groups excluding carboxylic acids is 2. The van der Waals surface area contributed by atoms with E-state index in [1.807, 2.05) is 32.9 Å². The van der Waals surface area contributed by atoms with Crippen LogP contribution in [0.25, 0.3) is 0 Å². The number of nitrogens with zero attached hydrogens (tertiary/aromatic N) is 1. The lowest BCUT2D eigenvalue weighted by molar-refractivity contribution is -0.119. The summed E-state index contributed by atoms with van der Waals surface area (Å²) in [6.07, 6.45) is 0. The number of benzene rings is 1. The van der Waals surface area contributed by atoms with Crippen molar-refractivity contribution in [2.45, 2.75) is 26.8 Å². The van der Waals surface area contributed by atoms with Gasteiger partial charge in [-0.25, -0.2) is 0 Å². The molecule has 0 atom stereocenters. The van der Waals surface area contributed by atoms with Gasteiger partial charge in [0, 0.05) is 16.1 Å². The molecule has 0 aliphatic rings. The molecule has 0 saturated carbocycles. The first-order valence-corrected chi connectivity index (χ1v) is 6.47. The van der Waals surface area contributed by atoms with Gasteiger partial charge in [0.05, 0.1) is 6.54 Å². The first kappa shape index (κ1) is 14.7. The second-order valence-electron chi connectivity index (χ2n) is 4.45. The predicted octanol–water partition coefficient (Wildman–Crippen LogP) is 2.09. The summed E-state index contributed by atoms with van der Waals surface area (Å²) in [6.45, 7) is 5.51. The van der Waals surface area contributed by atoms with E-state index in [-0.39, 0.29) is 18.5 Å². The molecule has 4 nitrogen and oxygen atoms in total. The van der Waals surface area contributed by atoms with Crippen LogP contribution in [0.4, 0.5) is 0 Å². The number of carbonyl (C=O) groups is 2. The smallest absolute Gasteiger partial charge is 0.254 e. The van der Waals surface area contributed by atoms with Gasteiger partial charge in [0.25, 0.3) is 5.91 Å². The average molecular weight is 313 g/mol. The Morgan fingerprint density at radius 3 is 2.50 bits per heavy atom. The van der Waals surface area contributed by atoms with Gasteiger partial charge < -0.3 is 10.6 Å². The highest BCUT2D eigenvalue weighted by atomic mass is 79.9. The van der Waals surface area contributed by atoms with E-state index in [4.69, 9.17) is 5.73 Å². The lowest BCUT2D eigenvalue weighted by atomic mass is 10.1. The molecule has 0 aliphatic carbocycles. The highest BCUT2D eigenvalue weighted by Crippen LogP contribution is 2.18. The minimum atomic E-state index is -0.510.